The minimum Gasteiger partial charge on any atom is -0.0985 e. The molecule has 0 radical (unpaired) electrons. The molecular weight excluding hydrogens is 132 g/mol. The van der Waals surface area contributed by atoms with Crippen molar-refractivity contribution < 1.29 is 0 Å². The molecule has 56 valence electrons. The van der Waals surface area contributed by atoms with Gasteiger partial charge in [0, 0.05) is 0 Å². The van der Waals surface area contributed by atoms with Crippen LogP contribution < -0.4 is 0 Å². The highest BCUT2D eigenvalue weighted by Crippen LogP contribution is 2.07. The van der Waals surface area contributed by atoms with Crippen LogP contribution in [0, 0.1) is 0 Å². The molecule has 1 rings (SSSR count). The Morgan fingerprint density at radius 2 is 2.00 bits per heavy atom. The summed E-state index contributed by atoms with van der Waals surface area (Å²) < 4.78 is 0. The second-order valence-corrected chi connectivity index (χ2v) is 2.37. The van der Waals surface area contributed by atoms with Crippen LogP contribution in [0.25, 0.3) is 12.2 Å². The number of allylic oxidation sites excluding steroid dienone is 1. The van der Waals surface area contributed by atoms with Gasteiger partial charge in [-0.1, -0.05) is 43.0 Å². The predicted octanol–water partition coefficient (Wildman–Crippen LogP) is 3.36. The molecule has 0 nitrogen and oxygen atoms in total. The van der Waals surface area contributed by atoms with E-state index in [2.05, 4.69) is 24.8 Å². The zero-order valence-corrected chi connectivity index (χ0v) is 6.75. The predicted molar refractivity (Wildman–Crippen MR) is 51.2 cm³/mol. The summed E-state index contributed by atoms with van der Waals surface area (Å²) >= 11 is 0. The molecule has 1 aromatic carbocycles. The molecule has 11 heavy (non-hydrogen) atoms. The van der Waals surface area contributed by atoms with Gasteiger partial charge >= 0.3 is 0 Å². The van der Waals surface area contributed by atoms with E-state index in [9.17, 15) is 0 Å². The van der Waals surface area contributed by atoms with Crippen molar-refractivity contribution in [2.75, 3.05) is 0 Å². The van der Waals surface area contributed by atoms with E-state index >= 15 is 0 Å². The molecule has 0 heterocycles. The molecule has 0 unspecified atom stereocenters. The first-order chi connectivity index (χ1) is 5.36. The van der Waals surface area contributed by atoms with E-state index in [4.69, 9.17) is 0 Å². The van der Waals surface area contributed by atoms with E-state index in [-0.39, 0.29) is 0 Å². The molecule has 0 aliphatic rings. The topological polar surface area (TPSA) is 0 Å². The Kier molecular flexibility index (Phi) is 2.67. The first kappa shape index (κ1) is 7.80. The maximum atomic E-state index is 3.71. The van der Waals surface area contributed by atoms with Crippen LogP contribution in [0.5, 0.6) is 0 Å². The van der Waals surface area contributed by atoms with Crippen molar-refractivity contribution in [1.29, 1.82) is 0 Å². The largest absolute Gasteiger partial charge is 0.0985 e. The molecule has 0 spiro atoms. The highest BCUT2D eigenvalue weighted by Gasteiger charge is 1.86. The van der Waals surface area contributed by atoms with E-state index in [0.717, 1.165) is 0 Å². The summed E-state index contributed by atoms with van der Waals surface area (Å²) in [7, 11) is 0. The SMILES string of the molecule is C=Cc1cccc(C=CC)c1. The van der Waals surface area contributed by atoms with Gasteiger partial charge in [-0.05, 0) is 24.1 Å². The van der Waals surface area contributed by atoms with Crippen molar-refractivity contribution in [2.45, 2.75) is 6.92 Å². The molecule has 1 aromatic rings. The van der Waals surface area contributed by atoms with Gasteiger partial charge in [-0.3, -0.25) is 0 Å². The van der Waals surface area contributed by atoms with Gasteiger partial charge in [0.1, 0.15) is 0 Å². The Morgan fingerprint density at radius 1 is 1.27 bits per heavy atom. The average Bonchev–Trinajstić information content (AvgIpc) is 2.06. The second-order valence-electron chi connectivity index (χ2n) is 2.37. The van der Waals surface area contributed by atoms with Crippen molar-refractivity contribution in [1.82, 2.24) is 0 Å². The lowest BCUT2D eigenvalue weighted by molar-refractivity contribution is 1.61. The van der Waals surface area contributed by atoms with E-state index in [0.29, 0.717) is 0 Å². The van der Waals surface area contributed by atoms with Gasteiger partial charge in [-0.15, -0.1) is 0 Å². The molecule has 0 atom stereocenters. The normalized spacial score (nSPS) is 10.3. The van der Waals surface area contributed by atoms with Crippen molar-refractivity contribution in [3.05, 3.63) is 48.0 Å². The molecule has 0 N–H and O–H groups in total. The van der Waals surface area contributed by atoms with Crippen LogP contribution in [0.15, 0.2) is 36.9 Å². The molecule has 0 heteroatoms. The Morgan fingerprint density at radius 3 is 2.64 bits per heavy atom. The third-order valence-electron chi connectivity index (χ3n) is 1.51. The van der Waals surface area contributed by atoms with Gasteiger partial charge in [0.2, 0.25) is 0 Å². The van der Waals surface area contributed by atoms with Crippen LogP contribution in [0.4, 0.5) is 0 Å². The summed E-state index contributed by atoms with van der Waals surface area (Å²) in [6.07, 6.45) is 5.96. The maximum Gasteiger partial charge on any atom is -0.0254 e. The van der Waals surface area contributed by atoms with E-state index in [1.165, 1.54) is 11.1 Å². The molecule has 0 aliphatic carbocycles. The van der Waals surface area contributed by atoms with Crippen LogP contribution in [0.3, 0.4) is 0 Å². The minimum absolute atomic E-state index is 1.17. The van der Waals surface area contributed by atoms with Gasteiger partial charge in [-0.2, -0.15) is 0 Å². The zero-order chi connectivity index (χ0) is 8.10. The fourth-order valence-corrected chi connectivity index (χ4v) is 0.982. The standard InChI is InChI=1S/C11H12/c1-3-6-11-8-5-7-10(4-2)9-11/h3-9H,2H2,1H3. The Hall–Kier alpha value is -1.30. The molecule has 0 saturated carbocycles. The summed E-state index contributed by atoms with van der Waals surface area (Å²) in [5.74, 6) is 0. The average molecular weight is 144 g/mol. The molecular formula is C11H12. The number of hydrogen-bond donors (Lipinski definition) is 0. The van der Waals surface area contributed by atoms with E-state index in [1.807, 2.05) is 31.2 Å². The molecule has 0 aliphatic heterocycles. The fraction of sp³-hybridized carbons (Fsp3) is 0.0909. The third-order valence-corrected chi connectivity index (χ3v) is 1.51. The van der Waals surface area contributed by atoms with Crippen molar-refractivity contribution in [3.8, 4) is 0 Å². The number of hydrogen-bond acceptors (Lipinski definition) is 0. The van der Waals surface area contributed by atoms with Gasteiger partial charge < -0.3 is 0 Å². The smallest absolute Gasteiger partial charge is 0.0254 e. The summed E-state index contributed by atoms with van der Waals surface area (Å²) in [5.41, 5.74) is 2.39. The molecule has 0 bridgehead atoms. The fourth-order valence-electron chi connectivity index (χ4n) is 0.982. The van der Waals surface area contributed by atoms with Crippen LogP contribution in [-0.4, -0.2) is 0 Å². The molecule has 0 saturated heterocycles. The Labute approximate surface area is 67.9 Å². The van der Waals surface area contributed by atoms with Crippen LogP contribution >= 0.6 is 0 Å². The monoisotopic (exact) mass is 144 g/mol. The van der Waals surface area contributed by atoms with E-state index in [1.54, 1.807) is 0 Å². The van der Waals surface area contributed by atoms with Gasteiger partial charge in [0.25, 0.3) is 0 Å². The summed E-state index contributed by atoms with van der Waals surface area (Å²) in [4.78, 5) is 0. The van der Waals surface area contributed by atoms with E-state index < -0.39 is 0 Å². The zero-order valence-electron chi connectivity index (χ0n) is 6.75. The quantitative estimate of drug-likeness (QED) is 0.597. The maximum absolute atomic E-state index is 3.71. The first-order valence-electron chi connectivity index (χ1n) is 3.72. The highest BCUT2D eigenvalue weighted by atomic mass is 13.9. The molecule has 0 amide bonds. The molecule has 0 aromatic heterocycles. The van der Waals surface area contributed by atoms with Crippen LogP contribution in [-0.2, 0) is 0 Å². The van der Waals surface area contributed by atoms with Gasteiger partial charge in [-0.25, -0.2) is 0 Å². The first-order valence-corrected chi connectivity index (χ1v) is 3.72. The second kappa shape index (κ2) is 3.77. The summed E-state index contributed by atoms with van der Waals surface area (Å²) in [6.45, 7) is 5.72. The Bertz CT molecular complexity index is 269. The van der Waals surface area contributed by atoms with Crippen molar-refractivity contribution >= 4 is 12.2 Å². The highest BCUT2D eigenvalue weighted by molar-refractivity contribution is 5.56. The lowest BCUT2D eigenvalue weighted by atomic mass is 10.1. The number of benzene rings is 1. The number of rotatable bonds is 2. The minimum atomic E-state index is 1.17. The van der Waals surface area contributed by atoms with Crippen molar-refractivity contribution in [3.63, 3.8) is 0 Å². The van der Waals surface area contributed by atoms with Crippen LogP contribution in [0.2, 0.25) is 0 Å². The van der Waals surface area contributed by atoms with Crippen molar-refractivity contribution in [2.24, 2.45) is 0 Å². The Balaban J connectivity index is 3.00. The summed E-state index contributed by atoms with van der Waals surface area (Å²) in [6, 6.07) is 8.26. The third kappa shape index (κ3) is 2.08. The van der Waals surface area contributed by atoms with Gasteiger partial charge in [0.05, 0.1) is 0 Å². The summed E-state index contributed by atoms with van der Waals surface area (Å²) in [5, 5.41) is 0. The molecule has 0 fully saturated rings. The lowest BCUT2D eigenvalue weighted by Gasteiger charge is -1.94. The van der Waals surface area contributed by atoms with Crippen LogP contribution in [0.1, 0.15) is 18.1 Å². The van der Waals surface area contributed by atoms with Gasteiger partial charge in [0.15, 0.2) is 0 Å². The lowest BCUT2D eigenvalue weighted by Crippen LogP contribution is -1.73.